The predicted molar refractivity (Wildman–Crippen MR) is 88.9 cm³/mol. The highest BCUT2D eigenvalue weighted by Crippen LogP contribution is 2.25. The number of benzene rings is 1. The van der Waals surface area contributed by atoms with E-state index in [4.69, 9.17) is 4.74 Å². The number of carbonyl (C=O) groups excluding carboxylic acids is 2. The van der Waals surface area contributed by atoms with Gasteiger partial charge in [0.1, 0.15) is 5.75 Å². The van der Waals surface area contributed by atoms with Gasteiger partial charge in [0, 0.05) is 6.54 Å². The third-order valence-corrected chi connectivity index (χ3v) is 3.13. The van der Waals surface area contributed by atoms with E-state index >= 15 is 0 Å². The fraction of sp³-hybridized carbons (Fsp3) is 0.400. The van der Waals surface area contributed by atoms with Crippen molar-refractivity contribution in [2.45, 2.75) is 20.8 Å². The number of amides is 2. The molecule has 1 rings (SSSR count). The third kappa shape index (κ3) is 6.26. The lowest BCUT2D eigenvalue weighted by Crippen LogP contribution is -2.39. The van der Waals surface area contributed by atoms with Crippen LogP contribution < -0.4 is 15.5 Å². The van der Waals surface area contributed by atoms with Crippen molar-refractivity contribution in [2.24, 2.45) is 11.0 Å². The highest BCUT2D eigenvalue weighted by molar-refractivity contribution is 9.10. The topological polar surface area (TPSA) is 79.8 Å². The van der Waals surface area contributed by atoms with Crippen LogP contribution in [0.25, 0.3) is 0 Å². The average Bonchev–Trinajstić information content (AvgIpc) is 2.47. The molecule has 1 aromatic rings. The van der Waals surface area contributed by atoms with Crippen LogP contribution in [0.4, 0.5) is 0 Å². The summed E-state index contributed by atoms with van der Waals surface area (Å²) in [6.45, 7) is 6.82. The lowest BCUT2D eigenvalue weighted by Gasteiger charge is -2.06. The molecule has 0 aliphatic rings. The predicted octanol–water partition coefficient (Wildman–Crippen LogP) is 2.07. The first-order valence-corrected chi connectivity index (χ1v) is 7.77. The Balaban J connectivity index is 2.53. The van der Waals surface area contributed by atoms with Crippen LogP contribution in [0.3, 0.4) is 0 Å². The Morgan fingerprint density at radius 3 is 2.68 bits per heavy atom. The van der Waals surface area contributed by atoms with Crippen LogP contribution in [0.5, 0.6) is 5.75 Å². The first-order chi connectivity index (χ1) is 10.4. The van der Waals surface area contributed by atoms with Gasteiger partial charge in [-0.15, -0.1) is 0 Å². The van der Waals surface area contributed by atoms with Gasteiger partial charge in [-0.05, 0) is 52.5 Å². The molecule has 120 valence electrons. The maximum atomic E-state index is 11.5. The zero-order valence-electron chi connectivity index (χ0n) is 12.9. The van der Waals surface area contributed by atoms with E-state index in [0.717, 1.165) is 15.8 Å². The van der Waals surface area contributed by atoms with Crippen molar-refractivity contribution in [1.29, 1.82) is 0 Å². The van der Waals surface area contributed by atoms with E-state index in [9.17, 15) is 9.59 Å². The summed E-state index contributed by atoms with van der Waals surface area (Å²) < 4.78 is 6.19. The van der Waals surface area contributed by atoms with Crippen molar-refractivity contribution >= 4 is 34.0 Å². The number of hydrogen-bond acceptors (Lipinski definition) is 4. The summed E-state index contributed by atoms with van der Waals surface area (Å²) in [5.41, 5.74) is 2.95. The molecule has 1 aromatic carbocycles. The van der Waals surface area contributed by atoms with Crippen molar-refractivity contribution in [3.8, 4) is 5.75 Å². The van der Waals surface area contributed by atoms with Gasteiger partial charge in [-0.1, -0.05) is 13.8 Å². The van der Waals surface area contributed by atoms with Crippen LogP contribution in [0, 0.1) is 5.92 Å². The minimum atomic E-state index is -0.790. The quantitative estimate of drug-likeness (QED) is 0.457. The van der Waals surface area contributed by atoms with Crippen molar-refractivity contribution in [2.75, 3.05) is 13.2 Å². The van der Waals surface area contributed by atoms with Crippen molar-refractivity contribution in [3.05, 3.63) is 28.2 Å². The number of nitrogens with zero attached hydrogens (tertiary/aromatic N) is 1. The van der Waals surface area contributed by atoms with Crippen LogP contribution in [0.1, 0.15) is 26.3 Å². The number of nitrogens with one attached hydrogen (secondary N) is 2. The van der Waals surface area contributed by atoms with E-state index in [2.05, 4.69) is 31.8 Å². The Kier molecular flexibility index (Phi) is 7.59. The van der Waals surface area contributed by atoms with Gasteiger partial charge in [0.15, 0.2) is 0 Å². The van der Waals surface area contributed by atoms with E-state index in [0.29, 0.717) is 13.2 Å². The summed E-state index contributed by atoms with van der Waals surface area (Å²) in [4.78, 5) is 22.9. The lowest BCUT2D eigenvalue weighted by atomic mass is 10.2. The zero-order chi connectivity index (χ0) is 16.5. The van der Waals surface area contributed by atoms with E-state index in [1.54, 1.807) is 18.2 Å². The summed E-state index contributed by atoms with van der Waals surface area (Å²) in [5, 5.41) is 6.27. The van der Waals surface area contributed by atoms with Gasteiger partial charge < -0.3 is 10.1 Å². The molecule has 0 unspecified atom stereocenters. The standard InChI is InChI=1S/C15H20BrN3O3/c1-4-22-13-6-5-11(7-12(13)16)9-18-19-15(21)14(20)17-8-10(2)3/h5-7,9-10H,4,8H2,1-3H3,(H,17,20)(H,19,21)/b18-9-. The van der Waals surface area contributed by atoms with Gasteiger partial charge in [0.2, 0.25) is 0 Å². The van der Waals surface area contributed by atoms with Crippen molar-refractivity contribution in [1.82, 2.24) is 10.7 Å². The van der Waals surface area contributed by atoms with Gasteiger partial charge in [-0.3, -0.25) is 9.59 Å². The fourth-order valence-corrected chi connectivity index (χ4v) is 1.97. The van der Waals surface area contributed by atoms with E-state index in [-0.39, 0.29) is 5.92 Å². The number of halogens is 1. The van der Waals surface area contributed by atoms with Crippen LogP contribution in [-0.4, -0.2) is 31.2 Å². The van der Waals surface area contributed by atoms with Gasteiger partial charge in [-0.2, -0.15) is 5.10 Å². The summed E-state index contributed by atoms with van der Waals surface area (Å²) in [6.07, 6.45) is 1.45. The van der Waals surface area contributed by atoms with E-state index < -0.39 is 11.8 Å². The molecule has 0 atom stereocenters. The molecule has 0 aliphatic heterocycles. The van der Waals surface area contributed by atoms with Crippen LogP contribution in [0.15, 0.2) is 27.8 Å². The molecule has 7 heteroatoms. The largest absolute Gasteiger partial charge is 0.493 e. The molecule has 0 radical (unpaired) electrons. The van der Waals surface area contributed by atoms with Gasteiger partial charge >= 0.3 is 11.8 Å². The Morgan fingerprint density at radius 2 is 2.09 bits per heavy atom. The molecule has 0 aliphatic carbocycles. The first kappa shape index (κ1) is 18.2. The molecule has 2 N–H and O–H groups in total. The highest BCUT2D eigenvalue weighted by atomic mass is 79.9. The maximum Gasteiger partial charge on any atom is 0.329 e. The molecule has 22 heavy (non-hydrogen) atoms. The zero-order valence-corrected chi connectivity index (χ0v) is 14.4. The Morgan fingerprint density at radius 1 is 1.36 bits per heavy atom. The minimum Gasteiger partial charge on any atom is -0.493 e. The van der Waals surface area contributed by atoms with Gasteiger partial charge in [-0.25, -0.2) is 5.43 Å². The number of rotatable bonds is 6. The SMILES string of the molecule is CCOc1ccc(/C=N\NC(=O)C(=O)NCC(C)C)cc1Br. The normalized spacial score (nSPS) is 10.8. The first-order valence-electron chi connectivity index (χ1n) is 6.97. The summed E-state index contributed by atoms with van der Waals surface area (Å²) in [7, 11) is 0. The number of hydrogen-bond donors (Lipinski definition) is 2. The second-order valence-electron chi connectivity index (χ2n) is 4.93. The Bertz CT molecular complexity index is 559. The molecular weight excluding hydrogens is 350 g/mol. The number of carbonyl (C=O) groups is 2. The Labute approximate surface area is 138 Å². The molecule has 0 spiro atoms. The summed E-state index contributed by atoms with van der Waals surface area (Å²) in [6, 6.07) is 5.40. The van der Waals surface area contributed by atoms with Gasteiger partial charge in [0.25, 0.3) is 0 Å². The maximum absolute atomic E-state index is 11.5. The lowest BCUT2D eigenvalue weighted by molar-refractivity contribution is -0.139. The molecule has 6 nitrogen and oxygen atoms in total. The second-order valence-corrected chi connectivity index (χ2v) is 5.78. The molecule has 0 bridgehead atoms. The van der Waals surface area contributed by atoms with Crippen LogP contribution in [0.2, 0.25) is 0 Å². The van der Waals surface area contributed by atoms with E-state index in [1.165, 1.54) is 6.21 Å². The highest BCUT2D eigenvalue weighted by Gasteiger charge is 2.12. The molecular formula is C15H20BrN3O3. The van der Waals surface area contributed by atoms with Crippen LogP contribution >= 0.6 is 15.9 Å². The molecule has 2 amide bonds. The van der Waals surface area contributed by atoms with Crippen molar-refractivity contribution < 1.29 is 14.3 Å². The number of hydrazone groups is 1. The molecule has 0 aromatic heterocycles. The smallest absolute Gasteiger partial charge is 0.329 e. The van der Waals surface area contributed by atoms with Crippen LogP contribution in [-0.2, 0) is 9.59 Å². The third-order valence-electron chi connectivity index (χ3n) is 2.51. The monoisotopic (exact) mass is 369 g/mol. The summed E-state index contributed by atoms with van der Waals surface area (Å²) in [5.74, 6) is -0.473. The minimum absolute atomic E-state index is 0.279. The molecule has 0 heterocycles. The Hall–Kier alpha value is -1.89. The number of ether oxygens (including phenoxy) is 1. The molecule has 0 saturated heterocycles. The second kappa shape index (κ2) is 9.19. The molecule has 0 saturated carbocycles. The van der Waals surface area contributed by atoms with E-state index in [1.807, 2.05) is 20.8 Å². The summed E-state index contributed by atoms with van der Waals surface area (Å²) >= 11 is 3.39. The average molecular weight is 370 g/mol. The van der Waals surface area contributed by atoms with Crippen molar-refractivity contribution in [3.63, 3.8) is 0 Å². The molecule has 0 fully saturated rings. The fourth-order valence-electron chi connectivity index (χ4n) is 1.46. The van der Waals surface area contributed by atoms with Gasteiger partial charge in [0.05, 0.1) is 17.3 Å².